The van der Waals surface area contributed by atoms with Crippen LogP contribution in [0.5, 0.6) is 0 Å². The SMILES string of the molecule is CC(C)(C)OC(=O)N1CCN(c2ccc3cnc(N=C(c4ccccc4)c4ccccc4)cc3n2)CC1. The van der Waals surface area contributed by atoms with E-state index in [0.29, 0.717) is 32.0 Å². The lowest BCUT2D eigenvalue weighted by Crippen LogP contribution is -2.50. The molecule has 5 rings (SSSR count). The number of rotatable bonds is 4. The van der Waals surface area contributed by atoms with Gasteiger partial charge in [-0.2, -0.15) is 0 Å². The van der Waals surface area contributed by atoms with Gasteiger partial charge in [-0.05, 0) is 32.9 Å². The van der Waals surface area contributed by atoms with Crippen molar-refractivity contribution in [2.24, 2.45) is 4.99 Å². The summed E-state index contributed by atoms with van der Waals surface area (Å²) in [7, 11) is 0. The molecule has 2 aromatic heterocycles. The van der Waals surface area contributed by atoms with Crippen LogP contribution in [0.3, 0.4) is 0 Å². The molecule has 1 aliphatic heterocycles. The highest BCUT2D eigenvalue weighted by Gasteiger charge is 2.26. The van der Waals surface area contributed by atoms with Crippen molar-refractivity contribution in [3.8, 4) is 0 Å². The standard InChI is InChI=1S/C30H31N5O2/c1-30(2,3)37-29(36)35-18-16-34(17-19-35)27-15-14-24-21-31-26(20-25(24)32-27)33-28(22-10-6-4-7-11-22)23-12-8-5-9-13-23/h4-15,20-21H,16-19H2,1-3H3. The van der Waals surface area contributed by atoms with Crippen LogP contribution in [-0.4, -0.2) is 58.5 Å². The third-order valence-corrected chi connectivity index (χ3v) is 6.12. The van der Waals surface area contributed by atoms with E-state index in [0.717, 1.165) is 33.6 Å². The molecule has 3 heterocycles. The molecule has 0 N–H and O–H groups in total. The van der Waals surface area contributed by atoms with Gasteiger partial charge < -0.3 is 14.5 Å². The first-order valence-corrected chi connectivity index (χ1v) is 12.5. The number of pyridine rings is 2. The molecule has 7 nitrogen and oxygen atoms in total. The van der Waals surface area contributed by atoms with Gasteiger partial charge >= 0.3 is 6.09 Å². The van der Waals surface area contributed by atoms with Crippen LogP contribution in [0.15, 0.2) is 90.1 Å². The second kappa shape index (κ2) is 10.4. The van der Waals surface area contributed by atoms with Gasteiger partial charge in [-0.1, -0.05) is 60.7 Å². The Balaban J connectivity index is 1.39. The van der Waals surface area contributed by atoms with Crippen LogP contribution in [-0.2, 0) is 4.74 Å². The van der Waals surface area contributed by atoms with E-state index in [1.54, 1.807) is 4.90 Å². The summed E-state index contributed by atoms with van der Waals surface area (Å²) in [6.45, 7) is 8.23. The van der Waals surface area contributed by atoms with Crippen LogP contribution in [0.4, 0.5) is 16.4 Å². The molecule has 7 heteroatoms. The van der Waals surface area contributed by atoms with E-state index in [1.807, 2.05) is 81.6 Å². The van der Waals surface area contributed by atoms with Crippen molar-refractivity contribution in [1.82, 2.24) is 14.9 Å². The Hall–Kier alpha value is -4.26. The van der Waals surface area contributed by atoms with Gasteiger partial charge in [-0.15, -0.1) is 0 Å². The summed E-state index contributed by atoms with van der Waals surface area (Å²) in [5, 5.41) is 0.955. The molecule has 0 radical (unpaired) electrons. The summed E-state index contributed by atoms with van der Waals surface area (Å²) in [6.07, 6.45) is 1.55. The average molecular weight is 494 g/mol. The smallest absolute Gasteiger partial charge is 0.410 e. The van der Waals surface area contributed by atoms with E-state index in [2.05, 4.69) is 34.1 Å². The molecule has 0 atom stereocenters. The number of carbonyl (C=O) groups is 1. The molecule has 1 aliphatic rings. The number of amides is 1. The second-order valence-corrected chi connectivity index (χ2v) is 10.1. The van der Waals surface area contributed by atoms with Gasteiger partial charge in [0.2, 0.25) is 0 Å². The molecule has 0 bridgehead atoms. The highest BCUT2D eigenvalue weighted by molar-refractivity contribution is 6.13. The normalized spacial score (nSPS) is 13.9. The molecule has 1 fully saturated rings. The Bertz CT molecular complexity index is 1370. The first-order chi connectivity index (χ1) is 17.9. The van der Waals surface area contributed by atoms with Gasteiger partial charge in [-0.3, -0.25) is 0 Å². The van der Waals surface area contributed by atoms with Gasteiger partial charge in [-0.25, -0.2) is 19.8 Å². The van der Waals surface area contributed by atoms with Crippen LogP contribution in [0.1, 0.15) is 31.9 Å². The van der Waals surface area contributed by atoms with E-state index >= 15 is 0 Å². The molecule has 2 aromatic carbocycles. The highest BCUT2D eigenvalue weighted by atomic mass is 16.6. The van der Waals surface area contributed by atoms with Crippen molar-refractivity contribution in [2.45, 2.75) is 26.4 Å². The fraction of sp³-hybridized carbons (Fsp3) is 0.267. The van der Waals surface area contributed by atoms with Crippen LogP contribution < -0.4 is 4.90 Å². The molecule has 0 saturated carbocycles. The Morgan fingerprint density at radius 1 is 0.865 bits per heavy atom. The number of piperazine rings is 1. The maximum Gasteiger partial charge on any atom is 0.410 e. The number of carbonyl (C=O) groups excluding carboxylic acids is 1. The Morgan fingerprint density at radius 2 is 1.49 bits per heavy atom. The van der Waals surface area contributed by atoms with Crippen molar-refractivity contribution in [2.75, 3.05) is 31.1 Å². The number of aromatic nitrogens is 2. The quantitative estimate of drug-likeness (QED) is 0.333. The number of anilines is 1. The summed E-state index contributed by atoms with van der Waals surface area (Å²) in [5.41, 5.74) is 3.26. The van der Waals surface area contributed by atoms with Gasteiger partial charge in [0.15, 0.2) is 5.82 Å². The zero-order valence-electron chi connectivity index (χ0n) is 21.5. The molecule has 0 spiro atoms. The number of ether oxygens (including phenoxy) is 1. The number of hydrogen-bond acceptors (Lipinski definition) is 6. The minimum Gasteiger partial charge on any atom is -0.444 e. The summed E-state index contributed by atoms with van der Waals surface area (Å²) in [4.78, 5) is 30.8. The Morgan fingerprint density at radius 3 is 2.08 bits per heavy atom. The van der Waals surface area contributed by atoms with E-state index < -0.39 is 5.60 Å². The lowest BCUT2D eigenvalue weighted by atomic mass is 10.0. The monoisotopic (exact) mass is 493 g/mol. The predicted molar refractivity (Wildman–Crippen MR) is 148 cm³/mol. The van der Waals surface area contributed by atoms with E-state index in [9.17, 15) is 4.79 Å². The minimum atomic E-state index is -0.497. The predicted octanol–water partition coefficient (Wildman–Crippen LogP) is 5.86. The number of nitrogens with zero attached hydrogens (tertiary/aromatic N) is 5. The van der Waals surface area contributed by atoms with Gasteiger partial charge in [0.05, 0.1) is 11.2 Å². The first kappa shape index (κ1) is 24.4. The highest BCUT2D eigenvalue weighted by Crippen LogP contribution is 2.24. The van der Waals surface area contributed by atoms with Gasteiger partial charge in [0, 0.05) is 55.0 Å². The Kier molecular flexibility index (Phi) is 6.86. The summed E-state index contributed by atoms with van der Waals surface area (Å²) >= 11 is 0. The lowest BCUT2D eigenvalue weighted by molar-refractivity contribution is 0.0240. The molecule has 4 aromatic rings. The summed E-state index contributed by atoms with van der Waals surface area (Å²) < 4.78 is 5.52. The number of benzene rings is 2. The fourth-order valence-electron chi connectivity index (χ4n) is 4.28. The number of aliphatic imine (C=N–C) groups is 1. The molecule has 37 heavy (non-hydrogen) atoms. The molecule has 0 unspecified atom stereocenters. The number of fused-ring (bicyclic) bond motifs is 1. The molecule has 0 aliphatic carbocycles. The lowest BCUT2D eigenvalue weighted by Gasteiger charge is -2.36. The van der Waals surface area contributed by atoms with Crippen molar-refractivity contribution in [3.63, 3.8) is 0 Å². The third kappa shape index (κ3) is 5.94. The van der Waals surface area contributed by atoms with Crippen molar-refractivity contribution in [3.05, 3.63) is 96.2 Å². The Labute approximate surface area is 217 Å². The zero-order valence-corrected chi connectivity index (χ0v) is 21.5. The van der Waals surface area contributed by atoms with Crippen molar-refractivity contribution >= 4 is 34.3 Å². The molecular formula is C30H31N5O2. The zero-order chi connectivity index (χ0) is 25.8. The fourth-order valence-corrected chi connectivity index (χ4v) is 4.28. The van der Waals surface area contributed by atoms with Crippen molar-refractivity contribution < 1.29 is 9.53 Å². The van der Waals surface area contributed by atoms with Crippen LogP contribution in [0, 0.1) is 0 Å². The molecule has 1 saturated heterocycles. The maximum absolute atomic E-state index is 12.4. The first-order valence-electron chi connectivity index (χ1n) is 12.5. The van der Waals surface area contributed by atoms with Gasteiger partial charge in [0.25, 0.3) is 0 Å². The van der Waals surface area contributed by atoms with Crippen LogP contribution in [0.2, 0.25) is 0 Å². The summed E-state index contributed by atoms with van der Waals surface area (Å²) in [6, 6.07) is 26.2. The van der Waals surface area contributed by atoms with Gasteiger partial charge in [0.1, 0.15) is 11.4 Å². The second-order valence-electron chi connectivity index (χ2n) is 10.1. The summed E-state index contributed by atoms with van der Waals surface area (Å²) in [5.74, 6) is 1.48. The maximum atomic E-state index is 12.4. The third-order valence-electron chi connectivity index (χ3n) is 6.12. The number of hydrogen-bond donors (Lipinski definition) is 0. The molecule has 188 valence electrons. The van der Waals surface area contributed by atoms with Crippen LogP contribution in [0.25, 0.3) is 10.9 Å². The van der Waals surface area contributed by atoms with Crippen molar-refractivity contribution in [1.29, 1.82) is 0 Å². The van der Waals surface area contributed by atoms with Crippen LogP contribution >= 0.6 is 0 Å². The van der Waals surface area contributed by atoms with E-state index in [-0.39, 0.29) is 6.09 Å². The molecule has 1 amide bonds. The van der Waals surface area contributed by atoms with E-state index in [1.165, 1.54) is 0 Å². The van der Waals surface area contributed by atoms with E-state index in [4.69, 9.17) is 14.7 Å². The topological polar surface area (TPSA) is 70.9 Å². The average Bonchev–Trinajstić information content (AvgIpc) is 2.91. The minimum absolute atomic E-state index is 0.264. The largest absolute Gasteiger partial charge is 0.444 e. The molecular weight excluding hydrogens is 462 g/mol.